The fraction of sp³-hybridized carbons (Fsp3) is 0.250. The number of pyridine rings is 1. The minimum Gasteiger partial charge on any atom is -0.381 e. The third-order valence-corrected chi connectivity index (χ3v) is 6.95. The lowest BCUT2D eigenvalue weighted by Crippen LogP contribution is -2.39. The molecule has 0 saturated carbocycles. The summed E-state index contributed by atoms with van der Waals surface area (Å²) in [7, 11) is 1.78. The van der Waals surface area contributed by atoms with Crippen LogP contribution in [-0.2, 0) is 18.3 Å². The largest absolute Gasteiger partial charge is 0.381 e. The number of rotatable bonds is 5. The predicted molar refractivity (Wildman–Crippen MR) is 140 cm³/mol. The molecule has 1 aliphatic heterocycles. The van der Waals surface area contributed by atoms with Crippen molar-refractivity contribution in [2.24, 2.45) is 7.05 Å². The second-order valence-corrected chi connectivity index (χ2v) is 9.55. The molecule has 1 amide bonds. The highest BCUT2D eigenvalue weighted by molar-refractivity contribution is 6.04. The first-order valence-electron chi connectivity index (χ1n) is 12.5. The predicted octanol–water partition coefficient (Wildman–Crippen LogP) is 3.58. The highest BCUT2D eigenvalue weighted by Gasteiger charge is 2.23. The number of nitrogens with zero attached hydrogens (tertiary/aromatic N) is 5. The Morgan fingerprint density at radius 2 is 1.79 bits per heavy atom. The fourth-order valence-corrected chi connectivity index (χ4v) is 4.99. The Morgan fingerprint density at radius 1 is 1.08 bits per heavy atom. The summed E-state index contributed by atoms with van der Waals surface area (Å²) in [5, 5.41) is 8.06. The van der Waals surface area contributed by atoms with Gasteiger partial charge in [-0.3, -0.25) is 19.3 Å². The summed E-state index contributed by atoms with van der Waals surface area (Å²) in [5.41, 5.74) is 0.944. The van der Waals surface area contributed by atoms with Crippen LogP contribution in [0.25, 0.3) is 33.1 Å². The van der Waals surface area contributed by atoms with Crippen LogP contribution in [0.2, 0.25) is 0 Å². The Hall–Kier alpha value is -4.51. The maximum atomic E-state index is 15.4. The van der Waals surface area contributed by atoms with E-state index in [1.165, 1.54) is 30.7 Å². The quantitative estimate of drug-likeness (QED) is 0.373. The van der Waals surface area contributed by atoms with Gasteiger partial charge < -0.3 is 14.6 Å². The van der Waals surface area contributed by atoms with Gasteiger partial charge in [-0.15, -0.1) is 0 Å². The summed E-state index contributed by atoms with van der Waals surface area (Å²) < 4.78 is 38.9. The van der Waals surface area contributed by atoms with Crippen LogP contribution in [0.4, 0.5) is 8.78 Å². The zero-order chi connectivity index (χ0) is 27.1. The molecule has 0 atom stereocenters. The molecule has 2 aromatic carbocycles. The molecule has 9 nitrogen and oxygen atoms in total. The van der Waals surface area contributed by atoms with Gasteiger partial charge >= 0.3 is 0 Å². The zero-order valence-electron chi connectivity index (χ0n) is 21.0. The average molecular weight is 531 g/mol. The second kappa shape index (κ2) is 9.99. The van der Waals surface area contributed by atoms with Crippen LogP contribution in [0, 0.1) is 11.6 Å². The van der Waals surface area contributed by atoms with Crippen molar-refractivity contribution in [2.75, 3.05) is 13.2 Å². The molecule has 6 rings (SSSR count). The highest BCUT2D eigenvalue weighted by atomic mass is 19.1. The molecule has 1 N–H and O–H groups in total. The molecule has 1 fully saturated rings. The van der Waals surface area contributed by atoms with Crippen LogP contribution >= 0.6 is 0 Å². The van der Waals surface area contributed by atoms with Crippen molar-refractivity contribution in [3.05, 3.63) is 88.2 Å². The summed E-state index contributed by atoms with van der Waals surface area (Å²) in [6, 6.07) is 7.76. The molecular weight excluding hydrogens is 506 g/mol. The molecule has 198 valence electrons. The molecule has 0 spiro atoms. The van der Waals surface area contributed by atoms with Crippen molar-refractivity contribution in [1.29, 1.82) is 0 Å². The van der Waals surface area contributed by atoms with E-state index in [2.05, 4.69) is 20.4 Å². The number of aromatic nitrogens is 5. The van der Waals surface area contributed by atoms with Crippen molar-refractivity contribution in [1.82, 2.24) is 29.6 Å². The summed E-state index contributed by atoms with van der Waals surface area (Å²) in [5.74, 6) is -2.07. The van der Waals surface area contributed by atoms with Crippen LogP contribution in [0.5, 0.6) is 0 Å². The number of hydrogen-bond acceptors (Lipinski definition) is 6. The van der Waals surface area contributed by atoms with E-state index in [1.807, 2.05) is 6.07 Å². The maximum Gasteiger partial charge on any atom is 0.279 e. The van der Waals surface area contributed by atoms with Gasteiger partial charge in [-0.05, 0) is 42.2 Å². The number of halogens is 2. The Labute approximate surface area is 221 Å². The molecule has 39 heavy (non-hydrogen) atoms. The SMILES string of the molecule is Cn1cc2c(-c3cc(F)c(Cn4cc(C(=O)NC5CCOCC5)c5nccnc5c4=O)c(F)c3)cccc2n1. The highest BCUT2D eigenvalue weighted by Crippen LogP contribution is 2.30. The Kier molecular flexibility index (Phi) is 6.35. The molecule has 11 heteroatoms. The number of amides is 1. The first kappa shape index (κ1) is 24.8. The van der Waals surface area contributed by atoms with Gasteiger partial charge in [0.05, 0.1) is 17.6 Å². The lowest BCUT2D eigenvalue weighted by molar-refractivity contribution is 0.0697. The van der Waals surface area contributed by atoms with Gasteiger partial charge in [0.2, 0.25) is 0 Å². The minimum atomic E-state index is -0.815. The summed E-state index contributed by atoms with van der Waals surface area (Å²) in [6.45, 7) is 0.640. The van der Waals surface area contributed by atoms with Crippen LogP contribution in [0.3, 0.4) is 0 Å². The van der Waals surface area contributed by atoms with Gasteiger partial charge in [-0.2, -0.15) is 5.10 Å². The van der Waals surface area contributed by atoms with Gasteiger partial charge in [0.15, 0.2) is 5.52 Å². The van der Waals surface area contributed by atoms with E-state index in [0.29, 0.717) is 42.7 Å². The number of carbonyl (C=O) groups is 1. The van der Waals surface area contributed by atoms with E-state index >= 15 is 8.78 Å². The lowest BCUT2D eigenvalue weighted by Gasteiger charge is -2.23. The Balaban J connectivity index is 1.39. The molecule has 5 aromatic rings. The van der Waals surface area contributed by atoms with Crippen molar-refractivity contribution >= 4 is 27.8 Å². The number of nitrogens with one attached hydrogen (secondary N) is 1. The number of aryl methyl sites for hydroxylation is 1. The molecular formula is C28H24F2N6O3. The van der Waals surface area contributed by atoms with Gasteiger partial charge in [0.25, 0.3) is 11.5 Å². The van der Waals surface area contributed by atoms with Crippen LogP contribution in [-0.4, -0.2) is 49.5 Å². The Bertz CT molecular complexity index is 1770. The number of ether oxygens (including phenoxy) is 1. The second-order valence-electron chi connectivity index (χ2n) is 9.55. The molecule has 4 heterocycles. The van der Waals surface area contributed by atoms with E-state index < -0.39 is 29.6 Å². The van der Waals surface area contributed by atoms with E-state index in [1.54, 1.807) is 30.1 Å². The van der Waals surface area contributed by atoms with Crippen molar-refractivity contribution in [3.8, 4) is 11.1 Å². The molecule has 1 aliphatic rings. The number of fused-ring (bicyclic) bond motifs is 2. The van der Waals surface area contributed by atoms with Gasteiger partial charge in [-0.25, -0.2) is 13.8 Å². The van der Waals surface area contributed by atoms with Crippen LogP contribution < -0.4 is 10.9 Å². The third-order valence-electron chi connectivity index (χ3n) is 6.95. The fourth-order valence-electron chi connectivity index (χ4n) is 4.99. The monoisotopic (exact) mass is 530 g/mol. The number of benzene rings is 2. The van der Waals surface area contributed by atoms with Crippen LogP contribution in [0.15, 0.2) is 59.9 Å². The maximum absolute atomic E-state index is 15.4. The lowest BCUT2D eigenvalue weighted by atomic mass is 9.99. The van der Waals surface area contributed by atoms with Gasteiger partial charge in [0.1, 0.15) is 17.2 Å². The van der Waals surface area contributed by atoms with Crippen LogP contribution in [0.1, 0.15) is 28.8 Å². The summed E-state index contributed by atoms with van der Waals surface area (Å²) in [6.07, 6.45) is 7.12. The average Bonchev–Trinajstić information content (AvgIpc) is 3.32. The smallest absolute Gasteiger partial charge is 0.279 e. The molecule has 1 saturated heterocycles. The first-order chi connectivity index (χ1) is 18.9. The van der Waals surface area contributed by atoms with E-state index in [0.717, 1.165) is 9.95 Å². The summed E-state index contributed by atoms with van der Waals surface area (Å²) in [4.78, 5) is 34.7. The van der Waals surface area contributed by atoms with E-state index in [4.69, 9.17) is 4.74 Å². The van der Waals surface area contributed by atoms with Crippen molar-refractivity contribution < 1.29 is 18.3 Å². The number of hydrogen-bond donors (Lipinski definition) is 1. The minimum absolute atomic E-state index is 0.0576. The third kappa shape index (κ3) is 4.65. The topological polar surface area (TPSA) is 104 Å². The van der Waals surface area contributed by atoms with Crippen molar-refractivity contribution in [2.45, 2.75) is 25.4 Å². The standard InChI is InChI=1S/C28H24F2N6O3/c1-35-13-19-18(3-2-4-24(19)34-35)16-11-22(29)20(23(30)12-16)14-36-15-21(25-26(28(36)38)32-8-7-31-25)27(37)33-17-5-9-39-10-6-17/h2-4,7-8,11-13,15,17H,5-6,9-10,14H2,1H3,(H,33,37). The summed E-state index contributed by atoms with van der Waals surface area (Å²) >= 11 is 0. The molecule has 0 radical (unpaired) electrons. The number of carbonyl (C=O) groups excluding carboxylic acids is 1. The molecule has 0 unspecified atom stereocenters. The molecule has 0 bridgehead atoms. The zero-order valence-corrected chi connectivity index (χ0v) is 21.0. The first-order valence-corrected chi connectivity index (χ1v) is 12.5. The van der Waals surface area contributed by atoms with E-state index in [-0.39, 0.29) is 28.2 Å². The van der Waals surface area contributed by atoms with Gasteiger partial charge in [-0.1, -0.05) is 12.1 Å². The van der Waals surface area contributed by atoms with E-state index in [9.17, 15) is 9.59 Å². The van der Waals surface area contributed by atoms with Crippen molar-refractivity contribution in [3.63, 3.8) is 0 Å². The normalized spacial score (nSPS) is 14.2. The Morgan fingerprint density at radius 3 is 2.54 bits per heavy atom. The molecule has 0 aliphatic carbocycles. The molecule has 3 aromatic heterocycles. The van der Waals surface area contributed by atoms with Gasteiger partial charge in [0, 0.05) is 62.0 Å².